The lowest BCUT2D eigenvalue weighted by Gasteiger charge is -2.20. The van der Waals surface area contributed by atoms with E-state index in [1.165, 1.54) is 11.8 Å². The van der Waals surface area contributed by atoms with E-state index in [0.717, 1.165) is 18.4 Å². The zero-order chi connectivity index (χ0) is 16.5. The zero-order valence-corrected chi connectivity index (χ0v) is 13.8. The highest BCUT2D eigenvalue weighted by Crippen LogP contribution is 2.38. The summed E-state index contributed by atoms with van der Waals surface area (Å²) in [7, 11) is 0. The molecule has 1 rings (SSSR count). The van der Waals surface area contributed by atoms with Crippen molar-refractivity contribution in [2.24, 2.45) is 0 Å². The van der Waals surface area contributed by atoms with Gasteiger partial charge in [-0.05, 0) is 18.9 Å². The molecule has 120 valence electrons. The molecule has 0 aliphatic rings. The van der Waals surface area contributed by atoms with Gasteiger partial charge in [-0.15, -0.1) is 11.8 Å². The number of ether oxygens (including phenoxy) is 1. The van der Waals surface area contributed by atoms with Crippen LogP contribution in [0.5, 0.6) is 0 Å². The Morgan fingerprint density at radius 3 is 2.50 bits per heavy atom. The molecule has 5 heteroatoms. The van der Waals surface area contributed by atoms with E-state index in [9.17, 15) is 9.59 Å². The quantitative estimate of drug-likeness (QED) is 0.425. The van der Waals surface area contributed by atoms with Gasteiger partial charge in [0.15, 0.2) is 0 Å². The molecular formula is C17H22O4S. The average Bonchev–Trinajstić information content (AvgIpc) is 2.52. The number of rotatable bonds is 9. The van der Waals surface area contributed by atoms with E-state index in [-0.39, 0.29) is 5.57 Å². The van der Waals surface area contributed by atoms with E-state index in [0.29, 0.717) is 6.61 Å². The highest BCUT2D eigenvalue weighted by atomic mass is 32.2. The fourth-order valence-corrected chi connectivity index (χ4v) is 2.86. The van der Waals surface area contributed by atoms with Gasteiger partial charge >= 0.3 is 11.9 Å². The van der Waals surface area contributed by atoms with Crippen LogP contribution in [0.2, 0.25) is 0 Å². The Morgan fingerprint density at radius 1 is 1.32 bits per heavy atom. The first-order valence-electron chi connectivity index (χ1n) is 7.26. The third-order valence-corrected chi connectivity index (χ3v) is 4.54. The van der Waals surface area contributed by atoms with Gasteiger partial charge in [-0.1, -0.05) is 50.3 Å². The lowest BCUT2D eigenvalue weighted by Crippen LogP contribution is -2.18. The van der Waals surface area contributed by atoms with E-state index < -0.39 is 22.4 Å². The van der Waals surface area contributed by atoms with Crippen LogP contribution in [0, 0.1) is 0 Å². The van der Waals surface area contributed by atoms with Crippen molar-refractivity contribution in [3.05, 3.63) is 48.0 Å². The van der Waals surface area contributed by atoms with Crippen molar-refractivity contribution >= 4 is 23.7 Å². The Morgan fingerprint density at radius 2 is 1.95 bits per heavy atom. The summed E-state index contributed by atoms with van der Waals surface area (Å²) in [6.45, 7) is 7.80. The summed E-state index contributed by atoms with van der Waals surface area (Å²) in [6, 6.07) is 9.29. The van der Waals surface area contributed by atoms with Crippen LogP contribution in [0.4, 0.5) is 0 Å². The number of unbranched alkanes of at least 4 members (excludes halogenated alkanes) is 1. The maximum Gasteiger partial charge on any atom is 0.334 e. The molecule has 2 unspecified atom stereocenters. The van der Waals surface area contributed by atoms with E-state index >= 15 is 0 Å². The van der Waals surface area contributed by atoms with Crippen molar-refractivity contribution in [3.63, 3.8) is 0 Å². The number of carbonyl (C=O) groups is 2. The van der Waals surface area contributed by atoms with Gasteiger partial charge in [0.1, 0.15) is 5.25 Å². The minimum Gasteiger partial charge on any atom is -0.480 e. The summed E-state index contributed by atoms with van der Waals surface area (Å²) in [6.07, 6.45) is 1.74. The Kier molecular flexibility index (Phi) is 7.74. The number of thioether (sulfide) groups is 1. The van der Waals surface area contributed by atoms with E-state index in [2.05, 4.69) is 6.58 Å². The number of hydrogen-bond donors (Lipinski definition) is 1. The van der Waals surface area contributed by atoms with Crippen LogP contribution in [0.25, 0.3) is 0 Å². The standard InChI is InChI=1S/C17H22O4S/c1-4-5-11-21-17(20)12(2)15(22-13(3)16(18)19)14-9-7-6-8-10-14/h6-10,13,15H,2,4-5,11H2,1,3H3,(H,18,19). The molecule has 0 aliphatic heterocycles. The van der Waals surface area contributed by atoms with Gasteiger partial charge in [0.2, 0.25) is 0 Å². The number of carboxylic acid groups (broad SMARTS) is 1. The summed E-state index contributed by atoms with van der Waals surface area (Å²) in [5.41, 5.74) is 1.12. The molecule has 1 N–H and O–H groups in total. The normalized spacial score (nSPS) is 13.2. The van der Waals surface area contributed by atoms with Gasteiger partial charge in [0, 0.05) is 5.57 Å². The van der Waals surface area contributed by atoms with E-state index in [1.54, 1.807) is 6.92 Å². The lowest BCUT2D eigenvalue weighted by molar-refractivity contribution is -0.139. The number of carboxylic acids is 1. The van der Waals surface area contributed by atoms with Crippen LogP contribution < -0.4 is 0 Å². The van der Waals surface area contributed by atoms with E-state index in [1.807, 2.05) is 37.3 Å². The molecule has 4 nitrogen and oxygen atoms in total. The summed E-state index contributed by atoms with van der Waals surface area (Å²) in [5.74, 6) is -1.38. The zero-order valence-electron chi connectivity index (χ0n) is 13.0. The molecule has 0 spiro atoms. The second-order valence-electron chi connectivity index (χ2n) is 4.92. The molecule has 0 fully saturated rings. The van der Waals surface area contributed by atoms with Crippen LogP contribution in [0.3, 0.4) is 0 Å². The number of carbonyl (C=O) groups excluding carboxylic acids is 1. The molecule has 0 saturated heterocycles. The largest absolute Gasteiger partial charge is 0.480 e. The van der Waals surface area contributed by atoms with Gasteiger partial charge < -0.3 is 9.84 Å². The molecular weight excluding hydrogens is 300 g/mol. The number of hydrogen-bond acceptors (Lipinski definition) is 4. The van der Waals surface area contributed by atoms with Gasteiger partial charge in [-0.2, -0.15) is 0 Å². The van der Waals surface area contributed by atoms with E-state index in [4.69, 9.17) is 9.84 Å². The second-order valence-corrected chi connectivity index (χ2v) is 6.37. The second kappa shape index (κ2) is 9.30. The Balaban J connectivity index is 2.87. The monoisotopic (exact) mass is 322 g/mol. The molecule has 0 bridgehead atoms. The Labute approximate surface area is 135 Å². The van der Waals surface area contributed by atoms with Crippen molar-refractivity contribution in [1.82, 2.24) is 0 Å². The third kappa shape index (κ3) is 5.56. The number of benzene rings is 1. The fraction of sp³-hybridized carbons (Fsp3) is 0.412. The molecule has 2 atom stereocenters. The summed E-state index contributed by atoms with van der Waals surface area (Å²) >= 11 is 1.18. The highest BCUT2D eigenvalue weighted by Gasteiger charge is 2.27. The maximum absolute atomic E-state index is 12.1. The van der Waals surface area contributed by atoms with Crippen LogP contribution in [-0.2, 0) is 14.3 Å². The van der Waals surface area contributed by atoms with Crippen LogP contribution in [0.15, 0.2) is 42.5 Å². The fourth-order valence-electron chi connectivity index (χ4n) is 1.76. The van der Waals surface area contributed by atoms with Crippen LogP contribution >= 0.6 is 11.8 Å². The molecule has 1 aromatic rings. The molecule has 0 heterocycles. The molecule has 0 aliphatic carbocycles. The molecule has 0 amide bonds. The Bertz CT molecular complexity index is 513. The van der Waals surface area contributed by atoms with Crippen LogP contribution in [0.1, 0.15) is 37.5 Å². The molecule has 22 heavy (non-hydrogen) atoms. The SMILES string of the molecule is C=C(C(=O)OCCCC)C(SC(C)C(=O)O)c1ccccc1. The molecule has 0 radical (unpaired) electrons. The van der Waals surface area contributed by atoms with Crippen molar-refractivity contribution in [1.29, 1.82) is 0 Å². The number of aliphatic carboxylic acids is 1. The first-order chi connectivity index (χ1) is 10.5. The third-order valence-electron chi connectivity index (χ3n) is 3.10. The van der Waals surface area contributed by atoms with Gasteiger partial charge in [0.25, 0.3) is 0 Å². The average molecular weight is 322 g/mol. The molecule has 0 saturated carbocycles. The maximum atomic E-state index is 12.1. The summed E-state index contributed by atoms with van der Waals surface area (Å²) < 4.78 is 5.19. The Hall–Kier alpha value is -1.75. The lowest BCUT2D eigenvalue weighted by atomic mass is 10.1. The predicted molar refractivity (Wildman–Crippen MR) is 88.9 cm³/mol. The first-order valence-corrected chi connectivity index (χ1v) is 8.20. The van der Waals surface area contributed by atoms with Crippen molar-refractivity contribution < 1.29 is 19.4 Å². The minimum absolute atomic E-state index is 0.278. The first kappa shape index (κ1) is 18.3. The van der Waals surface area contributed by atoms with Crippen LogP contribution in [-0.4, -0.2) is 28.9 Å². The summed E-state index contributed by atoms with van der Waals surface area (Å²) in [4.78, 5) is 23.2. The minimum atomic E-state index is -0.918. The summed E-state index contributed by atoms with van der Waals surface area (Å²) in [5, 5.41) is 8.03. The predicted octanol–water partition coefficient (Wildman–Crippen LogP) is 3.83. The smallest absolute Gasteiger partial charge is 0.334 e. The van der Waals surface area contributed by atoms with Crippen molar-refractivity contribution in [3.8, 4) is 0 Å². The van der Waals surface area contributed by atoms with Crippen molar-refractivity contribution in [2.45, 2.75) is 37.2 Å². The van der Waals surface area contributed by atoms with Gasteiger partial charge in [-0.25, -0.2) is 4.79 Å². The topological polar surface area (TPSA) is 63.6 Å². The van der Waals surface area contributed by atoms with Gasteiger partial charge in [0.05, 0.1) is 11.9 Å². The van der Waals surface area contributed by atoms with Crippen molar-refractivity contribution in [2.75, 3.05) is 6.61 Å². The van der Waals surface area contributed by atoms with Gasteiger partial charge in [-0.3, -0.25) is 4.79 Å². The molecule has 1 aromatic carbocycles. The number of esters is 1. The highest BCUT2D eigenvalue weighted by molar-refractivity contribution is 8.01. The molecule has 0 aromatic heterocycles.